The number of unbranched alkanes of at least 4 members (excludes halogenated alkanes) is 20. The molecule has 0 aromatic heterocycles. The molecule has 8 nitrogen and oxygen atoms in total. The van der Waals surface area contributed by atoms with Gasteiger partial charge in [0.2, 0.25) is 5.91 Å². The number of hydrogen-bond acceptors (Lipinski definition) is 5. The van der Waals surface area contributed by atoms with E-state index in [9.17, 15) is 19.4 Å². The average Bonchev–Trinajstić information content (AvgIpc) is 2.96. The van der Waals surface area contributed by atoms with Gasteiger partial charge in [0.15, 0.2) is 0 Å². The van der Waals surface area contributed by atoms with E-state index in [1.807, 2.05) is 21.1 Å². The number of quaternary nitrogens is 1. The Morgan fingerprint density at radius 1 is 0.682 bits per heavy atom. The van der Waals surface area contributed by atoms with Crippen molar-refractivity contribution in [1.82, 2.24) is 5.32 Å². The molecule has 0 saturated carbocycles. The van der Waals surface area contributed by atoms with Crippen LogP contribution in [0.5, 0.6) is 0 Å². The Bertz CT molecular complexity index is 703. The standard InChI is InChI=1S/C35H73N2O6P/c1-6-8-10-12-13-14-15-16-17-18-19-20-21-22-23-24-25-26-28-34(38)33(36-35(39)29-27-11-9-7-2)32-43-44(40,41)42-31-30-37(3,4)5/h33-34,38H,6-32H2,1-5H3,(H-,36,39,40,41)/p+1. The summed E-state index contributed by atoms with van der Waals surface area (Å²) in [6.45, 7) is 4.76. The van der Waals surface area contributed by atoms with Gasteiger partial charge in [-0.2, -0.15) is 0 Å². The predicted molar refractivity (Wildman–Crippen MR) is 185 cm³/mol. The highest BCUT2D eigenvalue weighted by molar-refractivity contribution is 7.47. The molecule has 264 valence electrons. The van der Waals surface area contributed by atoms with Gasteiger partial charge in [0.25, 0.3) is 0 Å². The maximum atomic E-state index is 12.5. The maximum absolute atomic E-state index is 12.5. The zero-order chi connectivity index (χ0) is 32.9. The first-order valence-electron chi connectivity index (χ1n) is 18.4. The van der Waals surface area contributed by atoms with Crippen LogP contribution in [0.3, 0.4) is 0 Å². The summed E-state index contributed by atoms with van der Waals surface area (Å²) in [6, 6.07) is -0.748. The van der Waals surface area contributed by atoms with Crippen molar-refractivity contribution in [2.45, 2.75) is 180 Å². The second-order valence-electron chi connectivity index (χ2n) is 14.0. The van der Waals surface area contributed by atoms with Crippen molar-refractivity contribution >= 4 is 13.7 Å². The number of aliphatic hydroxyl groups excluding tert-OH is 1. The third-order valence-corrected chi connectivity index (χ3v) is 9.34. The van der Waals surface area contributed by atoms with Gasteiger partial charge in [-0.3, -0.25) is 13.8 Å². The minimum atomic E-state index is -4.28. The average molecular weight is 650 g/mol. The fourth-order valence-electron chi connectivity index (χ4n) is 5.34. The van der Waals surface area contributed by atoms with E-state index in [2.05, 4.69) is 19.2 Å². The van der Waals surface area contributed by atoms with Crippen LogP contribution >= 0.6 is 7.82 Å². The topological polar surface area (TPSA) is 105 Å². The summed E-state index contributed by atoms with van der Waals surface area (Å²) in [5.41, 5.74) is 0. The molecule has 0 bridgehead atoms. The van der Waals surface area contributed by atoms with Gasteiger partial charge in [-0.15, -0.1) is 0 Å². The molecule has 3 atom stereocenters. The number of phosphoric ester groups is 1. The zero-order valence-electron chi connectivity index (χ0n) is 29.7. The summed E-state index contributed by atoms with van der Waals surface area (Å²) in [7, 11) is 1.62. The number of likely N-dealkylation sites (N-methyl/N-ethyl adjacent to an activating group) is 1. The van der Waals surface area contributed by atoms with Crippen LogP contribution in [0.2, 0.25) is 0 Å². The Morgan fingerprint density at radius 3 is 1.52 bits per heavy atom. The molecule has 0 spiro atoms. The van der Waals surface area contributed by atoms with E-state index in [4.69, 9.17) is 9.05 Å². The predicted octanol–water partition coefficient (Wildman–Crippen LogP) is 9.07. The second-order valence-corrected chi connectivity index (χ2v) is 15.4. The number of phosphoric acid groups is 1. The van der Waals surface area contributed by atoms with Gasteiger partial charge >= 0.3 is 7.82 Å². The summed E-state index contributed by atoms with van der Waals surface area (Å²) in [4.78, 5) is 22.7. The number of nitrogens with zero attached hydrogens (tertiary/aromatic N) is 1. The number of nitrogens with one attached hydrogen (secondary N) is 1. The summed E-state index contributed by atoms with van der Waals surface area (Å²) >= 11 is 0. The first-order chi connectivity index (χ1) is 21.0. The molecule has 1 amide bonds. The lowest BCUT2D eigenvalue weighted by atomic mass is 10.0. The lowest BCUT2D eigenvalue weighted by Gasteiger charge is -2.26. The Kier molecular flexibility index (Phi) is 28.4. The van der Waals surface area contributed by atoms with Crippen LogP contribution in [-0.4, -0.2) is 73.4 Å². The Hall–Kier alpha value is -0.500. The highest BCUT2D eigenvalue weighted by Gasteiger charge is 2.28. The molecular formula is C35H74N2O6P+. The van der Waals surface area contributed by atoms with Crippen LogP contribution in [0.25, 0.3) is 0 Å². The van der Waals surface area contributed by atoms with Gasteiger partial charge in [-0.05, 0) is 12.8 Å². The van der Waals surface area contributed by atoms with E-state index in [0.29, 0.717) is 23.9 Å². The van der Waals surface area contributed by atoms with Crippen molar-refractivity contribution in [1.29, 1.82) is 0 Å². The number of carbonyl (C=O) groups is 1. The van der Waals surface area contributed by atoms with Gasteiger partial charge in [-0.25, -0.2) is 4.57 Å². The normalized spacial score (nSPS) is 14.8. The molecule has 0 radical (unpaired) electrons. The fraction of sp³-hybridized carbons (Fsp3) is 0.971. The highest BCUT2D eigenvalue weighted by atomic mass is 31.2. The first-order valence-corrected chi connectivity index (χ1v) is 19.9. The van der Waals surface area contributed by atoms with Crippen LogP contribution in [0.4, 0.5) is 0 Å². The van der Waals surface area contributed by atoms with Gasteiger partial charge in [0, 0.05) is 6.42 Å². The Balaban J connectivity index is 4.18. The van der Waals surface area contributed by atoms with Crippen LogP contribution in [-0.2, 0) is 18.4 Å². The molecule has 0 aliphatic carbocycles. The molecule has 0 fully saturated rings. The maximum Gasteiger partial charge on any atom is 0.472 e. The van der Waals surface area contributed by atoms with Gasteiger partial charge in [0.05, 0.1) is 39.9 Å². The van der Waals surface area contributed by atoms with Crippen LogP contribution in [0, 0.1) is 0 Å². The smallest absolute Gasteiger partial charge is 0.391 e. The summed E-state index contributed by atoms with van der Waals surface area (Å²) in [5, 5.41) is 13.7. The molecule has 0 aromatic carbocycles. The summed E-state index contributed by atoms with van der Waals surface area (Å²) in [5.74, 6) is -0.162. The molecule has 3 unspecified atom stereocenters. The number of hydrogen-bond donors (Lipinski definition) is 3. The van der Waals surface area contributed by atoms with E-state index >= 15 is 0 Å². The van der Waals surface area contributed by atoms with Crippen molar-refractivity contribution in [3.63, 3.8) is 0 Å². The first kappa shape index (κ1) is 43.5. The Labute approximate surface area is 272 Å². The van der Waals surface area contributed by atoms with E-state index in [1.165, 1.54) is 96.3 Å². The molecular weight excluding hydrogens is 575 g/mol. The highest BCUT2D eigenvalue weighted by Crippen LogP contribution is 2.43. The summed E-state index contributed by atoms with van der Waals surface area (Å²) in [6.07, 6.45) is 27.5. The number of amides is 1. The van der Waals surface area contributed by atoms with Crippen molar-refractivity contribution in [3.8, 4) is 0 Å². The van der Waals surface area contributed by atoms with Gasteiger partial charge in [0.1, 0.15) is 13.2 Å². The SMILES string of the molecule is CCCCCCCCCCCCCCCCCCCCC(O)C(COP(=O)(O)OCC[N+](C)(C)C)NC(=O)CCCCCC. The summed E-state index contributed by atoms with van der Waals surface area (Å²) < 4.78 is 23.3. The third kappa shape index (κ3) is 30.2. The van der Waals surface area contributed by atoms with Crippen molar-refractivity contribution in [2.75, 3.05) is 40.9 Å². The molecule has 3 N–H and O–H groups in total. The van der Waals surface area contributed by atoms with E-state index in [0.717, 1.165) is 44.9 Å². The van der Waals surface area contributed by atoms with Crippen molar-refractivity contribution in [2.24, 2.45) is 0 Å². The minimum Gasteiger partial charge on any atom is -0.391 e. The van der Waals surface area contributed by atoms with Crippen molar-refractivity contribution in [3.05, 3.63) is 0 Å². The van der Waals surface area contributed by atoms with Crippen LogP contribution in [0.15, 0.2) is 0 Å². The Morgan fingerprint density at radius 2 is 1.09 bits per heavy atom. The van der Waals surface area contributed by atoms with Crippen molar-refractivity contribution < 1.29 is 32.9 Å². The monoisotopic (exact) mass is 650 g/mol. The molecule has 0 aliphatic heterocycles. The zero-order valence-corrected chi connectivity index (χ0v) is 30.6. The van der Waals surface area contributed by atoms with Crippen LogP contribution < -0.4 is 5.32 Å². The van der Waals surface area contributed by atoms with Crippen LogP contribution in [0.1, 0.15) is 168 Å². The minimum absolute atomic E-state index is 0.0770. The van der Waals surface area contributed by atoms with E-state index in [-0.39, 0.29) is 19.1 Å². The lowest BCUT2D eigenvalue weighted by molar-refractivity contribution is -0.870. The third-order valence-electron chi connectivity index (χ3n) is 8.36. The second kappa shape index (κ2) is 28.7. The number of carbonyl (C=O) groups excluding carboxylic acids is 1. The van der Waals surface area contributed by atoms with Gasteiger partial charge in [-0.1, -0.05) is 149 Å². The molecule has 0 rings (SSSR count). The number of rotatable bonds is 33. The van der Waals surface area contributed by atoms with E-state index in [1.54, 1.807) is 0 Å². The lowest BCUT2D eigenvalue weighted by Crippen LogP contribution is -2.46. The van der Waals surface area contributed by atoms with E-state index < -0.39 is 20.0 Å². The molecule has 0 aliphatic rings. The fourth-order valence-corrected chi connectivity index (χ4v) is 6.07. The molecule has 44 heavy (non-hydrogen) atoms. The quantitative estimate of drug-likeness (QED) is 0.0372. The molecule has 0 saturated heterocycles. The molecule has 0 heterocycles. The molecule has 0 aromatic rings. The van der Waals surface area contributed by atoms with Gasteiger partial charge < -0.3 is 19.8 Å². The number of aliphatic hydroxyl groups is 1. The molecule has 9 heteroatoms. The largest absolute Gasteiger partial charge is 0.472 e.